The summed E-state index contributed by atoms with van der Waals surface area (Å²) < 4.78 is 0. The molecule has 0 bridgehead atoms. The van der Waals surface area contributed by atoms with Crippen molar-refractivity contribution in [2.24, 2.45) is 0 Å². The molecule has 1 aromatic rings. The summed E-state index contributed by atoms with van der Waals surface area (Å²) in [5.74, 6) is 0.0530. The number of benzene rings is 1. The molecule has 1 N–H and O–H groups in total. The van der Waals surface area contributed by atoms with E-state index in [-0.39, 0.29) is 11.8 Å². The van der Waals surface area contributed by atoms with E-state index in [0.717, 1.165) is 29.7 Å². The van der Waals surface area contributed by atoms with E-state index < -0.39 is 0 Å². The van der Waals surface area contributed by atoms with Gasteiger partial charge in [0.25, 0.3) is 0 Å². The minimum Gasteiger partial charge on any atom is -0.339 e. The summed E-state index contributed by atoms with van der Waals surface area (Å²) in [5, 5.41) is 2.97. The molecule has 1 fully saturated rings. The predicted molar refractivity (Wildman–Crippen MR) is 93.4 cm³/mol. The first-order valence-corrected chi connectivity index (χ1v) is 8.61. The molecule has 1 aliphatic carbocycles. The highest BCUT2D eigenvalue weighted by Crippen LogP contribution is 2.23. The highest BCUT2D eigenvalue weighted by molar-refractivity contribution is 5.92. The maximum absolute atomic E-state index is 12.2. The fourth-order valence-electron chi connectivity index (χ4n) is 3.30. The molecule has 0 atom stereocenters. The van der Waals surface area contributed by atoms with E-state index in [0.29, 0.717) is 19.0 Å². The lowest BCUT2D eigenvalue weighted by molar-refractivity contribution is -0.132. The third kappa shape index (κ3) is 5.08. The molecule has 0 heterocycles. The Labute approximate surface area is 139 Å². The van der Waals surface area contributed by atoms with Gasteiger partial charge in [-0.3, -0.25) is 9.59 Å². The molecule has 2 amide bonds. The average molecular weight is 316 g/mol. The molecule has 126 valence electrons. The lowest BCUT2D eigenvalue weighted by atomic mass is 9.94. The molecule has 0 spiro atoms. The van der Waals surface area contributed by atoms with Gasteiger partial charge in [-0.05, 0) is 43.9 Å². The maximum Gasteiger partial charge on any atom is 0.226 e. The van der Waals surface area contributed by atoms with Crippen LogP contribution in [0.3, 0.4) is 0 Å². The molecule has 1 saturated carbocycles. The van der Waals surface area contributed by atoms with Crippen LogP contribution in [0.15, 0.2) is 18.2 Å². The third-order valence-electron chi connectivity index (χ3n) is 4.67. The lowest BCUT2D eigenvalue weighted by Gasteiger charge is -2.33. The second-order valence-electron chi connectivity index (χ2n) is 6.62. The van der Waals surface area contributed by atoms with Gasteiger partial charge >= 0.3 is 0 Å². The van der Waals surface area contributed by atoms with Crippen LogP contribution in [-0.4, -0.2) is 29.3 Å². The first-order chi connectivity index (χ1) is 11.0. The molecule has 0 aromatic heterocycles. The number of carbonyl (C=O) groups is 2. The largest absolute Gasteiger partial charge is 0.339 e. The van der Waals surface area contributed by atoms with E-state index in [2.05, 4.69) is 5.32 Å². The van der Waals surface area contributed by atoms with Crippen molar-refractivity contribution < 1.29 is 9.59 Å². The lowest BCUT2D eigenvalue weighted by Crippen LogP contribution is -2.41. The second-order valence-corrected chi connectivity index (χ2v) is 6.62. The standard InChI is InChI=1S/C19H28N2O2/c1-14-9-10-15(2)18(13-14)20-19(23)11-12-21(16(3)22)17-7-5-4-6-8-17/h9-10,13,17H,4-8,11-12H2,1-3H3,(H,20,23). The molecule has 1 aromatic carbocycles. The van der Waals surface area contributed by atoms with Crippen LogP contribution in [-0.2, 0) is 9.59 Å². The summed E-state index contributed by atoms with van der Waals surface area (Å²) in [5.41, 5.74) is 3.04. The van der Waals surface area contributed by atoms with Crippen molar-refractivity contribution in [1.82, 2.24) is 4.90 Å². The zero-order valence-electron chi connectivity index (χ0n) is 14.5. The van der Waals surface area contributed by atoms with Gasteiger partial charge in [-0.15, -0.1) is 0 Å². The molecule has 4 nitrogen and oxygen atoms in total. The fraction of sp³-hybridized carbons (Fsp3) is 0.579. The van der Waals surface area contributed by atoms with Crippen molar-refractivity contribution in [2.75, 3.05) is 11.9 Å². The van der Waals surface area contributed by atoms with Crippen LogP contribution in [0.5, 0.6) is 0 Å². The van der Waals surface area contributed by atoms with Crippen LogP contribution < -0.4 is 5.32 Å². The van der Waals surface area contributed by atoms with E-state index in [1.54, 1.807) is 6.92 Å². The number of anilines is 1. The Morgan fingerprint density at radius 3 is 2.52 bits per heavy atom. The molecule has 23 heavy (non-hydrogen) atoms. The molecule has 0 radical (unpaired) electrons. The van der Waals surface area contributed by atoms with Crippen molar-refractivity contribution in [3.63, 3.8) is 0 Å². The normalized spacial score (nSPS) is 15.3. The Morgan fingerprint density at radius 2 is 1.87 bits per heavy atom. The van der Waals surface area contributed by atoms with Gasteiger partial charge in [0.05, 0.1) is 0 Å². The Morgan fingerprint density at radius 1 is 1.17 bits per heavy atom. The van der Waals surface area contributed by atoms with Crippen molar-refractivity contribution in [2.45, 2.75) is 65.3 Å². The molecule has 0 aliphatic heterocycles. The molecule has 0 saturated heterocycles. The van der Waals surface area contributed by atoms with Gasteiger partial charge in [-0.2, -0.15) is 0 Å². The average Bonchev–Trinajstić information content (AvgIpc) is 2.52. The van der Waals surface area contributed by atoms with Crippen molar-refractivity contribution in [3.05, 3.63) is 29.3 Å². The minimum atomic E-state index is -0.0271. The molecule has 4 heteroatoms. The third-order valence-corrected chi connectivity index (χ3v) is 4.67. The Bertz CT molecular complexity index is 562. The number of amides is 2. The monoisotopic (exact) mass is 316 g/mol. The van der Waals surface area contributed by atoms with Crippen LogP contribution in [0.4, 0.5) is 5.69 Å². The summed E-state index contributed by atoms with van der Waals surface area (Å²) in [6.45, 7) is 6.11. The van der Waals surface area contributed by atoms with E-state index in [1.165, 1.54) is 19.3 Å². The number of rotatable bonds is 5. The predicted octanol–water partition coefficient (Wildman–Crippen LogP) is 3.81. The van der Waals surface area contributed by atoms with Crippen molar-refractivity contribution in [3.8, 4) is 0 Å². The summed E-state index contributed by atoms with van der Waals surface area (Å²) >= 11 is 0. The first kappa shape index (κ1) is 17.5. The van der Waals surface area contributed by atoms with Gasteiger partial charge in [0, 0.05) is 31.6 Å². The van der Waals surface area contributed by atoms with E-state index in [1.807, 2.05) is 36.9 Å². The zero-order valence-corrected chi connectivity index (χ0v) is 14.5. The molecule has 0 unspecified atom stereocenters. The highest BCUT2D eigenvalue weighted by Gasteiger charge is 2.23. The first-order valence-electron chi connectivity index (χ1n) is 8.61. The fourth-order valence-corrected chi connectivity index (χ4v) is 3.30. The SMILES string of the molecule is CC(=O)N(CCC(=O)Nc1cc(C)ccc1C)C1CCCCC1. The van der Waals surface area contributed by atoms with Crippen LogP contribution in [0.25, 0.3) is 0 Å². The smallest absolute Gasteiger partial charge is 0.226 e. The number of hydrogen-bond acceptors (Lipinski definition) is 2. The summed E-state index contributed by atoms with van der Waals surface area (Å²) in [6.07, 6.45) is 6.11. The number of carbonyl (C=O) groups excluding carboxylic acids is 2. The molecular formula is C19H28N2O2. The van der Waals surface area contributed by atoms with Crippen molar-refractivity contribution in [1.29, 1.82) is 0 Å². The van der Waals surface area contributed by atoms with E-state index >= 15 is 0 Å². The van der Waals surface area contributed by atoms with Crippen LogP contribution in [0, 0.1) is 13.8 Å². The quantitative estimate of drug-likeness (QED) is 0.898. The molecule has 2 rings (SSSR count). The second kappa shape index (κ2) is 8.14. The van der Waals surface area contributed by atoms with Gasteiger partial charge in [0.15, 0.2) is 0 Å². The van der Waals surface area contributed by atoms with E-state index in [4.69, 9.17) is 0 Å². The van der Waals surface area contributed by atoms with E-state index in [9.17, 15) is 9.59 Å². The summed E-state index contributed by atoms with van der Waals surface area (Å²) in [4.78, 5) is 26.0. The number of nitrogens with zero attached hydrogens (tertiary/aromatic N) is 1. The van der Waals surface area contributed by atoms with Gasteiger partial charge < -0.3 is 10.2 Å². The van der Waals surface area contributed by atoms with Crippen LogP contribution in [0.2, 0.25) is 0 Å². The summed E-state index contributed by atoms with van der Waals surface area (Å²) in [6, 6.07) is 6.34. The van der Waals surface area contributed by atoms with Gasteiger partial charge in [-0.1, -0.05) is 31.4 Å². The highest BCUT2D eigenvalue weighted by atomic mass is 16.2. The van der Waals surface area contributed by atoms with Crippen LogP contribution in [0.1, 0.15) is 56.6 Å². The van der Waals surface area contributed by atoms with Gasteiger partial charge in [-0.25, -0.2) is 0 Å². The zero-order chi connectivity index (χ0) is 16.8. The maximum atomic E-state index is 12.2. The Kier molecular flexibility index (Phi) is 6.20. The number of nitrogens with one attached hydrogen (secondary N) is 1. The minimum absolute atomic E-state index is 0.0271. The number of hydrogen-bond donors (Lipinski definition) is 1. The van der Waals surface area contributed by atoms with Gasteiger partial charge in [0.1, 0.15) is 0 Å². The Balaban J connectivity index is 1.91. The molecular weight excluding hydrogens is 288 g/mol. The van der Waals surface area contributed by atoms with Gasteiger partial charge in [0.2, 0.25) is 11.8 Å². The van der Waals surface area contributed by atoms with Crippen molar-refractivity contribution >= 4 is 17.5 Å². The Hall–Kier alpha value is -1.84. The van der Waals surface area contributed by atoms with Crippen LogP contribution >= 0.6 is 0 Å². The molecule has 1 aliphatic rings. The number of aryl methyl sites for hydroxylation is 2. The topological polar surface area (TPSA) is 49.4 Å². The summed E-state index contributed by atoms with van der Waals surface area (Å²) in [7, 11) is 0.